The summed E-state index contributed by atoms with van der Waals surface area (Å²) in [6.45, 7) is 7.81. The first-order valence-electron chi connectivity index (χ1n) is 5.82. The molecule has 1 rings (SSSR count). The van der Waals surface area contributed by atoms with Crippen molar-refractivity contribution in [1.29, 1.82) is 0 Å². The maximum absolute atomic E-state index is 5.70. The Bertz CT molecular complexity index is 216. The zero-order valence-corrected chi connectivity index (χ0v) is 10.8. The predicted molar refractivity (Wildman–Crippen MR) is 67.3 cm³/mol. The molecule has 1 N–H and O–H groups in total. The van der Waals surface area contributed by atoms with Crippen LogP contribution in [0, 0.1) is 5.92 Å². The summed E-state index contributed by atoms with van der Waals surface area (Å²) in [5, 5.41) is 3.36. The fourth-order valence-corrected chi connectivity index (χ4v) is 2.33. The van der Waals surface area contributed by atoms with E-state index in [-0.39, 0.29) is 0 Å². The summed E-state index contributed by atoms with van der Waals surface area (Å²) in [6, 6.07) is 0.619. The third-order valence-electron chi connectivity index (χ3n) is 3.36. The van der Waals surface area contributed by atoms with Gasteiger partial charge >= 0.3 is 0 Å². The first kappa shape index (κ1) is 13.0. The first-order chi connectivity index (χ1) is 7.17. The fraction of sp³-hybridized carbons (Fsp3) is 0.833. The van der Waals surface area contributed by atoms with Crippen molar-refractivity contribution in [1.82, 2.24) is 10.2 Å². The summed E-state index contributed by atoms with van der Waals surface area (Å²) in [5.74, 6) is 0.784. The normalized spacial score (nSPS) is 26.7. The van der Waals surface area contributed by atoms with Crippen LogP contribution in [0.4, 0.5) is 0 Å². The highest BCUT2D eigenvalue weighted by atomic mass is 35.5. The molecule has 3 heteroatoms. The van der Waals surface area contributed by atoms with Gasteiger partial charge in [0, 0.05) is 24.7 Å². The minimum absolute atomic E-state index is 0.619. The van der Waals surface area contributed by atoms with Crippen molar-refractivity contribution in [2.75, 3.05) is 26.7 Å². The van der Waals surface area contributed by atoms with Crippen molar-refractivity contribution in [3.63, 3.8) is 0 Å². The summed E-state index contributed by atoms with van der Waals surface area (Å²) in [7, 11) is 2.05. The Morgan fingerprint density at radius 2 is 2.40 bits per heavy atom. The van der Waals surface area contributed by atoms with E-state index in [4.69, 9.17) is 11.6 Å². The molecule has 15 heavy (non-hydrogen) atoms. The van der Waals surface area contributed by atoms with Gasteiger partial charge in [-0.2, -0.15) is 0 Å². The van der Waals surface area contributed by atoms with Crippen LogP contribution >= 0.6 is 11.6 Å². The third kappa shape index (κ3) is 4.13. The van der Waals surface area contributed by atoms with E-state index in [9.17, 15) is 0 Å². The molecular weight excluding hydrogens is 208 g/mol. The van der Waals surface area contributed by atoms with Gasteiger partial charge in [-0.1, -0.05) is 11.6 Å². The second-order valence-corrected chi connectivity index (χ2v) is 4.89. The minimum atomic E-state index is 0.619. The lowest BCUT2D eigenvalue weighted by molar-refractivity contribution is 0.164. The number of rotatable bonds is 4. The highest BCUT2D eigenvalue weighted by molar-refractivity contribution is 6.25. The van der Waals surface area contributed by atoms with Gasteiger partial charge in [-0.05, 0) is 51.8 Å². The molecule has 1 saturated heterocycles. The van der Waals surface area contributed by atoms with Gasteiger partial charge in [-0.15, -0.1) is 0 Å². The molecule has 0 aromatic carbocycles. The van der Waals surface area contributed by atoms with Crippen molar-refractivity contribution < 1.29 is 0 Å². The van der Waals surface area contributed by atoms with Crippen LogP contribution in [0.5, 0.6) is 0 Å². The Kier molecular flexibility index (Phi) is 5.65. The zero-order chi connectivity index (χ0) is 11.3. The molecule has 1 fully saturated rings. The summed E-state index contributed by atoms with van der Waals surface area (Å²) in [4.78, 5) is 2.51. The Labute approximate surface area is 98.7 Å². The first-order valence-corrected chi connectivity index (χ1v) is 6.26. The third-order valence-corrected chi connectivity index (χ3v) is 3.74. The smallest absolute Gasteiger partial charge is 0.0201 e. The predicted octanol–water partition coefficient (Wildman–Crippen LogP) is 2.45. The molecule has 0 bridgehead atoms. The SMILES string of the molecule is CNC(C)C1CCCN(CC(C)=CCl)C1. The topological polar surface area (TPSA) is 15.3 Å². The van der Waals surface area contributed by atoms with Crippen LogP contribution < -0.4 is 5.32 Å². The average molecular weight is 231 g/mol. The van der Waals surface area contributed by atoms with Crippen molar-refractivity contribution >= 4 is 11.6 Å². The van der Waals surface area contributed by atoms with Gasteiger partial charge in [0.2, 0.25) is 0 Å². The van der Waals surface area contributed by atoms with Crippen LogP contribution in [-0.4, -0.2) is 37.6 Å². The highest BCUT2D eigenvalue weighted by Crippen LogP contribution is 2.20. The molecule has 1 aliphatic heterocycles. The largest absolute Gasteiger partial charge is 0.317 e. The molecule has 0 aromatic rings. The molecule has 2 atom stereocenters. The number of hydrogen-bond donors (Lipinski definition) is 1. The molecule has 0 aliphatic carbocycles. The fourth-order valence-electron chi connectivity index (χ4n) is 2.27. The number of hydrogen-bond acceptors (Lipinski definition) is 2. The van der Waals surface area contributed by atoms with Gasteiger partial charge in [0.1, 0.15) is 0 Å². The summed E-state index contributed by atoms with van der Waals surface area (Å²) < 4.78 is 0. The van der Waals surface area contributed by atoms with E-state index < -0.39 is 0 Å². The van der Waals surface area contributed by atoms with Crippen LogP contribution in [0.1, 0.15) is 26.7 Å². The number of likely N-dealkylation sites (tertiary alicyclic amines) is 1. The molecule has 2 nitrogen and oxygen atoms in total. The maximum Gasteiger partial charge on any atom is 0.0201 e. The Morgan fingerprint density at radius 1 is 1.67 bits per heavy atom. The lowest BCUT2D eigenvalue weighted by atomic mass is 9.91. The summed E-state index contributed by atoms with van der Waals surface area (Å²) in [5.41, 5.74) is 2.96. The van der Waals surface area contributed by atoms with Gasteiger partial charge in [0.15, 0.2) is 0 Å². The molecule has 0 radical (unpaired) electrons. The average Bonchev–Trinajstić information content (AvgIpc) is 2.28. The van der Waals surface area contributed by atoms with Crippen LogP contribution in [0.25, 0.3) is 0 Å². The Morgan fingerprint density at radius 3 is 3.00 bits per heavy atom. The van der Waals surface area contributed by atoms with Gasteiger partial charge < -0.3 is 5.32 Å². The number of piperidine rings is 1. The molecule has 1 aliphatic rings. The van der Waals surface area contributed by atoms with E-state index in [1.54, 1.807) is 5.54 Å². The van der Waals surface area contributed by atoms with Crippen molar-refractivity contribution in [2.24, 2.45) is 5.92 Å². The second kappa shape index (κ2) is 6.51. The number of nitrogens with one attached hydrogen (secondary N) is 1. The van der Waals surface area contributed by atoms with Gasteiger partial charge in [-0.3, -0.25) is 4.90 Å². The van der Waals surface area contributed by atoms with Gasteiger partial charge in [-0.25, -0.2) is 0 Å². The standard InChI is InChI=1S/C12H23ClN2/c1-10(7-13)8-15-6-4-5-12(9-15)11(2)14-3/h7,11-12,14H,4-6,8-9H2,1-3H3. The van der Waals surface area contributed by atoms with E-state index in [0.29, 0.717) is 6.04 Å². The van der Waals surface area contributed by atoms with Crippen LogP contribution in [0.15, 0.2) is 11.1 Å². The van der Waals surface area contributed by atoms with Gasteiger partial charge in [0.25, 0.3) is 0 Å². The Balaban J connectivity index is 2.42. The number of nitrogens with zero attached hydrogens (tertiary/aromatic N) is 1. The van der Waals surface area contributed by atoms with E-state index in [1.165, 1.54) is 31.5 Å². The highest BCUT2D eigenvalue weighted by Gasteiger charge is 2.23. The van der Waals surface area contributed by atoms with Crippen LogP contribution in [-0.2, 0) is 0 Å². The zero-order valence-electron chi connectivity index (χ0n) is 10.1. The summed E-state index contributed by atoms with van der Waals surface area (Å²) >= 11 is 5.70. The van der Waals surface area contributed by atoms with Crippen LogP contribution in [0.3, 0.4) is 0 Å². The maximum atomic E-state index is 5.70. The van der Waals surface area contributed by atoms with E-state index in [2.05, 4.69) is 24.1 Å². The molecule has 1 heterocycles. The van der Waals surface area contributed by atoms with E-state index in [1.807, 2.05) is 7.05 Å². The quantitative estimate of drug-likeness (QED) is 0.798. The summed E-state index contributed by atoms with van der Waals surface area (Å²) in [6.07, 6.45) is 2.66. The van der Waals surface area contributed by atoms with Crippen molar-refractivity contribution in [3.05, 3.63) is 11.1 Å². The van der Waals surface area contributed by atoms with Crippen molar-refractivity contribution in [3.8, 4) is 0 Å². The Hall–Kier alpha value is -0.0500. The monoisotopic (exact) mass is 230 g/mol. The lowest BCUT2D eigenvalue weighted by Gasteiger charge is -2.35. The number of halogens is 1. The molecular formula is C12H23ClN2. The molecule has 2 unspecified atom stereocenters. The molecule has 0 amide bonds. The van der Waals surface area contributed by atoms with E-state index >= 15 is 0 Å². The second-order valence-electron chi connectivity index (χ2n) is 4.67. The van der Waals surface area contributed by atoms with Gasteiger partial charge in [0.05, 0.1) is 0 Å². The van der Waals surface area contributed by atoms with E-state index in [0.717, 1.165) is 12.5 Å². The lowest BCUT2D eigenvalue weighted by Crippen LogP contribution is -2.43. The minimum Gasteiger partial charge on any atom is -0.317 e. The molecule has 0 saturated carbocycles. The molecule has 0 spiro atoms. The molecule has 88 valence electrons. The van der Waals surface area contributed by atoms with Crippen LogP contribution in [0.2, 0.25) is 0 Å². The van der Waals surface area contributed by atoms with Crippen molar-refractivity contribution in [2.45, 2.75) is 32.7 Å². The molecule has 0 aromatic heterocycles.